The van der Waals surface area contributed by atoms with Gasteiger partial charge in [0.05, 0.1) is 28.4 Å². The molecule has 0 saturated carbocycles. The summed E-state index contributed by atoms with van der Waals surface area (Å²) in [6.45, 7) is 6.36. The summed E-state index contributed by atoms with van der Waals surface area (Å²) in [5, 5.41) is 0.918. The van der Waals surface area contributed by atoms with Crippen LogP contribution in [-0.2, 0) is 15.3 Å². The number of alkyl halides is 1. The number of benzene rings is 2. The van der Waals surface area contributed by atoms with Gasteiger partial charge in [-0.05, 0) is 35.4 Å². The maximum Gasteiger partial charge on any atom is 0.173 e. The lowest BCUT2D eigenvalue weighted by atomic mass is 9.78. The quantitative estimate of drug-likeness (QED) is 0.327. The van der Waals surface area contributed by atoms with Gasteiger partial charge < -0.3 is 15.2 Å². The molecule has 0 aliphatic rings. The highest BCUT2D eigenvalue weighted by atomic mass is 35.5. The van der Waals surface area contributed by atoms with Crippen LogP contribution in [-0.4, -0.2) is 45.1 Å². The fraction of sp³-hybridized carbons (Fsp3) is 0.478. The van der Waals surface area contributed by atoms with Crippen molar-refractivity contribution < 1.29 is 29.5 Å². The van der Waals surface area contributed by atoms with Crippen LogP contribution in [0.4, 0.5) is 0 Å². The number of sulfone groups is 1. The smallest absolute Gasteiger partial charge is 0.173 e. The Morgan fingerprint density at radius 1 is 1.06 bits per heavy atom. The Bertz CT molecular complexity index is 972. The van der Waals surface area contributed by atoms with Crippen LogP contribution in [0.5, 0.6) is 11.5 Å². The Hall–Kier alpha value is -1.18. The normalized spacial score (nSPS) is 13.1. The van der Waals surface area contributed by atoms with Gasteiger partial charge in [-0.15, -0.1) is 0 Å². The van der Waals surface area contributed by atoms with Gasteiger partial charge in [-0.2, -0.15) is 0 Å². The summed E-state index contributed by atoms with van der Waals surface area (Å²) in [7, 11) is -3.14. The number of nitrogens with two attached hydrogens (primary N) is 1. The van der Waals surface area contributed by atoms with Gasteiger partial charge in [0, 0.05) is 17.6 Å². The molecule has 9 heteroatoms. The lowest BCUT2D eigenvalue weighted by molar-refractivity contribution is -0.368. The number of hydrogen-bond donors (Lipinski definition) is 1. The van der Waals surface area contributed by atoms with Gasteiger partial charge in [-0.25, -0.2) is 8.42 Å². The maximum absolute atomic E-state index is 11.7. The Morgan fingerprint density at radius 3 is 2.19 bits per heavy atom. The van der Waals surface area contributed by atoms with E-state index in [1.165, 1.54) is 0 Å². The van der Waals surface area contributed by atoms with Gasteiger partial charge >= 0.3 is 0 Å². The minimum atomic E-state index is -3.14. The van der Waals surface area contributed by atoms with Crippen LogP contribution in [0.25, 0.3) is 0 Å². The number of ether oxygens (including phenoxy) is 2. The second kappa shape index (κ2) is 11.8. The molecule has 5 nitrogen and oxygen atoms in total. The third kappa shape index (κ3) is 7.42. The molecular formula is C23H31Cl3NO4S+. The fourth-order valence-corrected chi connectivity index (χ4v) is 4.82. The summed E-state index contributed by atoms with van der Waals surface area (Å²) >= 11 is 17.8. The van der Waals surface area contributed by atoms with Crippen LogP contribution in [0.15, 0.2) is 36.4 Å². The zero-order valence-corrected chi connectivity index (χ0v) is 21.7. The molecule has 0 bridgehead atoms. The molecule has 0 fully saturated rings. The van der Waals surface area contributed by atoms with Crippen LogP contribution in [0.3, 0.4) is 0 Å². The molecule has 0 saturated heterocycles. The summed E-state index contributed by atoms with van der Waals surface area (Å²) in [4.78, 5) is 0. The molecule has 0 radical (unpaired) electrons. The molecular weight excluding hydrogens is 493 g/mol. The van der Waals surface area contributed by atoms with Crippen LogP contribution in [0.1, 0.15) is 38.3 Å². The Kier molecular flexibility index (Phi) is 9.98. The van der Waals surface area contributed by atoms with E-state index in [0.717, 1.165) is 17.5 Å². The summed E-state index contributed by atoms with van der Waals surface area (Å²) in [6, 6.07) is 10.8. The molecule has 0 amide bonds. The highest BCUT2D eigenvalue weighted by Gasteiger charge is 2.26. The lowest BCUT2D eigenvalue weighted by Crippen LogP contribution is -2.35. The Morgan fingerprint density at radius 2 is 1.66 bits per heavy atom. The van der Waals surface area contributed by atoms with Crippen molar-refractivity contribution in [2.24, 2.45) is 5.73 Å². The molecule has 0 heterocycles. The van der Waals surface area contributed by atoms with Gasteiger partial charge in [-0.1, -0.05) is 56.1 Å². The van der Waals surface area contributed by atoms with Crippen LogP contribution in [0.2, 0.25) is 10.0 Å². The van der Waals surface area contributed by atoms with Crippen molar-refractivity contribution in [3.8, 4) is 11.5 Å². The minimum Gasteiger partial charge on any atom is -0.492 e. The maximum atomic E-state index is 11.7. The predicted molar refractivity (Wildman–Crippen MR) is 129 cm³/mol. The Labute approximate surface area is 206 Å². The summed E-state index contributed by atoms with van der Waals surface area (Å²) < 4.78 is 34.7. The van der Waals surface area contributed by atoms with Crippen molar-refractivity contribution in [2.45, 2.75) is 38.6 Å². The first-order chi connectivity index (χ1) is 15.0. The third-order valence-corrected chi connectivity index (χ3v) is 7.87. The number of rotatable bonds is 12. The van der Waals surface area contributed by atoms with Crippen molar-refractivity contribution in [3.05, 3.63) is 57.6 Å². The van der Waals surface area contributed by atoms with Crippen molar-refractivity contribution in [2.75, 3.05) is 30.6 Å². The largest absolute Gasteiger partial charge is 0.492 e. The molecule has 178 valence electrons. The van der Waals surface area contributed by atoms with Gasteiger partial charge in [0.2, 0.25) is 0 Å². The van der Waals surface area contributed by atoms with Crippen molar-refractivity contribution in [3.63, 3.8) is 0 Å². The van der Waals surface area contributed by atoms with Crippen molar-refractivity contribution in [1.29, 1.82) is 0 Å². The molecule has 2 rings (SSSR count). The molecule has 1 atom stereocenters. The molecule has 2 aromatic rings. The van der Waals surface area contributed by atoms with Gasteiger partial charge in [0.1, 0.15) is 24.0 Å². The van der Waals surface area contributed by atoms with Gasteiger partial charge in [0.15, 0.2) is 21.5 Å². The number of halogens is 3. The van der Waals surface area contributed by atoms with Crippen LogP contribution in [0, 0.1) is 11.6 Å². The van der Waals surface area contributed by atoms with E-state index in [2.05, 4.69) is 13.8 Å². The first-order valence-electron chi connectivity index (χ1n) is 10.4. The molecule has 0 aliphatic carbocycles. The van der Waals surface area contributed by atoms with Gasteiger partial charge in [0.25, 0.3) is 0 Å². The van der Waals surface area contributed by atoms with E-state index in [9.17, 15) is 8.42 Å². The minimum absolute atomic E-state index is 0.0696. The molecule has 32 heavy (non-hydrogen) atoms. The standard InChI is InChI=1S/C23H31Cl3NO4S/c1-4-32(28,29)15-18(27)14-31-19-8-6-16(7-9-19)23(2,3)17-12-20(25)22(21(26)13-17)30-11-5-10-24/h6-9,12-13,18,24H,4-5,10-11,14-15,27H2,1-3H3/q+1/t18-/m1/s1. The van der Waals surface area contributed by atoms with E-state index in [0.29, 0.717) is 34.0 Å². The van der Waals surface area contributed by atoms with E-state index in [4.69, 9.17) is 50.0 Å². The van der Waals surface area contributed by atoms with E-state index >= 15 is 0 Å². The summed E-state index contributed by atoms with van der Waals surface area (Å²) in [5.74, 6) is 1.68. The SMILES string of the molecule is CCS(=O)(=O)C[C@H](N)COc1ccc(C(C)(C)c2cc(Cl)c(OCCC[ClH+])c(Cl)c2)cc1. The highest BCUT2D eigenvalue weighted by Crippen LogP contribution is 2.40. The number of hydrogen-bond acceptors (Lipinski definition) is 5. The van der Waals surface area contributed by atoms with E-state index in [1.54, 1.807) is 6.92 Å². The molecule has 2 aromatic carbocycles. The third-order valence-electron chi connectivity index (χ3n) is 5.20. The first kappa shape index (κ1) is 27.1. The van der Waals surface area contributed by atoms with E-state index < -0.39 is 15.9 Å². The average Bonchev–Trinajstić information content (AvgIpc) is 2.74. The average molecular weight is 524 g/mol. The predicted octanol–water partition coefficient (Wildman–Crippen LogP) is 4.51. The monoisotopic (exact) mass is 522 g/mol. The van der Waals surface area contributed by atoms with Crippen molar-refractivity contribution in [1.82, 2.24) is 0 Å². The molecule has 0 aliphatic heterocycles. The van der Waals surface area contributed by atoms with Crippen LogP contribution < -0.4 is 15.2 Å². The second-order valence-corrected chi connectivity index (χ2v) is 11.7. The van der Waals surface area contributed by atoms with Crippen molar-refractivity contribution >= 4 is 33.0 Å². The van der Waals surface area contributed by atoms with Gasteiger partial charge in [-0.3, -0.25) is 0 Å². The van der Waals surface area contributed by atoms with Crippen LogP contribution >= 0.6 is 23.2 Å². The Balaban J connectivity index is 2.11. The molecule has 0 unspecified atom stereocenters. The molecule has 2 N–H and O–H groups in total. The topological polar surface area (TPSA) is 78.6 Å². The molecule has 0 spiro atoms. The summed E-state index contributed by atoms with van der Waals surface area (Å²) in [6.07, 6.45) is 0.753. The molecule has 0 aromatic heterocycles. The zero-order chi connectivity index (χ0) is 23.9. The highest BCUT2D eigenvalue weighted by molar-refractivity contribution is 7.91. The fourth-order valence-electron chi connectivity index (χ4n) is 3.12. The summed E-state index contributed by atoms with van der Waals surface area (Å²) in [5.41, 5.74) is 7.50. The zero-order valence-electron chi connectivity index (χ0n) is 18.6. The lowest BCUT2D eigenvalue weighted by Gasteiger charge is -2.27. The first-order valence-corrected chi connectivity index (χ1v) is 13.6. The van der Waals surface area contributed by atoms with E-state index in [-0.39, 0.29) is 23.5 Å². The second-order valence-electron chi connectivity index (χ2n) is 8.09. The van der Waals surface area contributed by atoms with E-state index in [1.807, 2.05) is 36.4 Å².